The molecule has 0 bridgehead atoms. The van der Waals surface area contributed by atoms with Crippen LogP contribution in [-0.4, -0.2) is 26.9 Å². The summed E-state index contributed by atoms with van der Waals surface area (Å²) >= 11 is 3.27. The van der Waals surface area contributed by atoms with E-state index in [1.807, 2.05) is 30.2 Å². The Morgan fingerprint density at radius 2 is 2.17 bits per heavy atom. The van der Waals surface area contributed by atoms with Gasteiger partial charge in [0, 0.05) is 34.8 Å². The number of fused-ring (bicyclic) bond motifs is 2. The molecule has 23 heavy (non-hydrogen) atoms. The standard InChI is InChI=1S/C17H15BrFN3O/c1-10-16-3-2-4-21(16)5-6-22(10)17(23)15-9-12-13(19)7-11(18)8-14(12)20-15/h2-4,7-10,20H,5-6H2,1H3/t10-/m1/s1. The third kappa shape index (κ3) is 2.28. The van der Waals surface area contributed by atoms with E-state index in [9.17, 15) is 9.18 Å². The van der Waals surface area contributed by atoms with Gasteiger partial charge in [-0.25, -0.2) is 4.39 Å². The quantitative estimate of drug-likeness (QED) is 0.683. The first-order valence-corrected chi connectivity index (χ1v) is 8.27. The molecule has 0 aliphatic carbocycles. The Balaban J connectivity index is 1.71. The number of H-pyrrole nitrogens is 1. The maximum absolute atomic E-state index is 14.0. The van der Waals surface area contributed by atoms with E-state index in [0.29, 0.717) is 27.6 Å². The molecule has 1 aliphatic rings. The van der Waals surface area contributed by atoms with Crippen molar-refractivity contribution in [2.45, 2.75) is 19.5 Å². The molecule has 0 saturated heterocycles. The number of nitrogens with zero attached hydrogens (tertiary/aromatic N) is 2. The van der Waals surface area contributed by atoms with Crippen molar-refractivity contribution in [2.75, 3.05) is 6.54 Å². The van der Waals surface area contributed by atoms with E-state index in [1.165, 1.54) is 6.07 Å². The minimum Gasteiger partial charge on any atom is -0.350 e. The molecule has 4 nitrogen and oxygen atoms in total. The number of halogens is 2. The third-order valence-corrected chi connectivity index (χ3v) is 4.94. The maximum atomic E-state index is 14.0. The van der Waals surface area contributed by atoms with Gasteiger partial charge in [-0.15, -0.1) is 0 Å². The van der Waals surface area contributed by atoms with Crippen molar-refractivity contribution in [1.29, 1.82) is 0 Å². The Hall–Kier alpha value is -2.08. The van der Waals surface area contributed by atoms with Crippen molar-refractivity contribution in [2.24, 2.45) is 0 Å². The third-order valence-electron chi connectivity index (χ3n) is 4.49. The first-order chi connectivity index (χ1) is 11.0. The molecule has 2 aromatic heterocycles. The van der Waals surface area contributed by atoms with Crippen molar-refractivity contribution >= 4 is 32.7 Å². The van der Waals surface area contributed by atoms with Crippen molar-refractivity contribution in [3.05, 3.63) is 58.2 Å². The van der Waals surface area contributed by atoms with Gasteiger partial charge >= 0.3 is 0 Å². The van der Waals surface area contributed by atoms with Crippen LogP contribution in [0.3, 0.4) is 0 Å². The van der Waals surface area contributed by atoms with Crippen LogP contribution in [0.1, 0.15) is 29.1 Å². The van der Waals surface area contributed by atoms with E-state index in [0.717, 1.165) is 12.2 Å². The van der Waals surface area contributed by atoms with Crippen LogP contribution in [0.4, 0.5) is 4.39 Å². The molecule has 4 rings (SSSR count). The average molecular weight is 376 g/mol. The zero-order chi connectivity index (χ0) is 16.1. The number of amides is 1. The monoisotopic (exact) mass is 375 g/mol. The fraction of sp³-hybridized carbons (Fsp3) is 0.235. The van der Waals surface area contributed by atoms with Crippen molar-refractivity contribution < 1.29 is 9.18 Å². The highest BCUT2D eigenvalue weighted by Gasteiger charge is 2.29. The maximum Gasteiger partial charge on any atom is 0.270 e. The molecular weight excluding hydrogens is 361 g/mol. The molecule has 0 saturated carbocycles. The van der Waals surface area contributed by atoms with Gasteiger partial charge in [-0.05, 0) is 37.3 Å². The van der Waals surface area contributed by atoms with Gasteiger partial charge in [0.05, 0.1) is 11.6 Å². The normalized spacial score (nSPS) is 17.5. The highest BCUT2D eigenvalue weighted by atomic mass is 79.9. The predicted octanol–water partition coefficient (Wildman–Crippen LogP) is 4.09. The summed E-state index contributed by atoms with van der Waals surface area (Å²) in [6.45, 7) is 3.44. The van der Waals surface area contributed by atoms with Gasteiger partial charge in [0.15, 0.2) is 0 Å². The molecule has 6 heteroatoms. The van der Waals surface area contributed by atoms with Crippen molar-refractivity contribution in [1.82, 2.24) is 14.5 Å². The molecule has 0 radical (unpaired) electrons. The highest BCUT2D eigenvalue weighted by molar-refractivity contribution is 9.10. The number of aromatic nitrogens is 2. The number of hydrogen-bond donors (Lipinski definition) is 1. The van der Waals surface area contributed by atoms with Crippen LogP contribution in [0, 0.1) is 5.82 Å². The van der Waals surface area contributed by atoms with E-state index in [-0.39, 0.29) is 17.8 Å². The molecule has 0 spiro atoms. The second-order valence-electron chi connectivity index (χ2n) is 5.83. The minimum absolute atomic E-state index is 0.00533. The summed E-state index contributed by atoms with van der Waals surface area (Å²) in [5.74, 6) is -0.443. The highest BCUT2D eigenvalue weighted by Crippen LogP contribution is 2.29. The van der Waals surface area contributed by atoms with Crippen LogP contribution in [0.5, 0.6) is 0 Å². The van der Waals surface area contributed by atoms with Gasteiger partial charge in [-0.3, -0.25) is 4.79 Å². The summed E-state index contributed by atoms with van der Waals surface area (Å²) < 4.78 is 16.8. The van der Waals surface area contributed by atoms with E-state index in [1.54, 1.807) is 12.1 Å². The SMILES string of the molecule is C[C@@H]1c2cccn2CCN1C(=O)c1cc2c(F)cc(Br)cc2[nH]1. The molecular formula is C17H15BrFN3O. The second-order valence-corrected chi connectivity index (χ2v) is 6.75. The van der Waals surface area contributed by atoms with Gasteiger partial charge in [-0.1, -0.05) is 15.9 Å². The number of carbonyl (C=O) groups excluding carboxylic acids is 1. The van der Waals surface area contributed by atoms with Crippen LogP contribution >= 0.6 is 15.9 Å². The van der Waals surface area contributed by atoms with Crippen LogP contribution in [-0.2, 0) is 6.54 Å². The zero-order valence-corrected chi connectivity index (χ0v) is 14.1. The van der Waals surface area contributed by atoms with E-state index < -0.39 is 0 Å². The van der Waals surface area contributed by atoms with E-state index in [2.05, 4.69) is 25.5 Å². The Kier molecular flexibility index (Phi) is 3.30. The number of hydrogen-bond acceptors (Lipinski definition) is 1. The molecule has 3 heterocycles. The van der Waals surface area contributed by atoms with Gasteiger partial charge in [-0.2, -0.15) is 0 Å². The van der Waals surface area contributed by atoms with Crippen LogP contribution < -0.4 is 0 Å². The Morgan fingerprint density at radius 1 is 1.35 bits per heavy atom. The lowest BCUT2D eigenvalue weighted by atomic mass is 10.1. The van der Waals surface area contributed by atoms with Crippen molar-refractivity contribution in [3.63, 3.8) is 0 Å². The van der Waals surface area contributed by atoms with Gasteiger partial charge in [0.2, 0.25) is 0 Å². The molecule has 1 atom stereocenters. The fourth-order valence-electron chi connectivity index (χ4n) is 3.29. The van der Waals surface area contributed by atoms with E-state index >= 15 is 0 Å². The van der Waals surface area contributed by atoms with Crippen LogP contribution in [0.15, 0.2) is 41.0 Å². The molecule has 3 aromatic rings. The summed E-state index contributed by atoms with van der Waals surface area (Å²) in [6.07, 6.45) is 2.03. The van der Waals surface area contributed by atoms with Crippen LogP contribution in [0.25, 0.3) is 10.9 Å². The zero-order valence-electron chi connectivity index (χ0n) is 12.5. The number of benzene rings is 1. The molecule has 1 N–H and O–H groups in total. The Labute approximate surface area is 141 Å². The van der Waals surface area contributed by atoms with Gasteiger partial charge in [0.25, 0.3) is 5.91 Å². The van der Waals surface area contributed by atoms with Crippen LogP contribution in [0.2, 0.25) is 0 Å². The summed E-state index contributed by atoms with van der Waals surface area (Å²) in [5, 5.41) is 0.435. The predicted molar refractivity (Wildman–Crippen MR) is 89.8 cm³/mol. The molecule has 0 fully saturated rings. The first-order valence-electron chi connectivity index (χ1n) is 7.48. The number of aromatic amines is 1. The topological polar surface area (TPSA) is 41.0 Å². The summed E-state index contributed by atoms with van der Waals surface area (Å²) in [7, 11) is 0. The minimum atomic E-state index is -0.342. The number of nitrogens with one attached hydrogen (secondary N) is 1. The molecule has 1 aliphatic heterocycles. The van der Waals surface area contributed by atoms with Gasteiger partial charge in [0.1, 0.15) is 11.5 Å². The first kappa shape index (κ1) is 14.5. The lowest BCUT2D eigenvalue weighted by Gasteiger charge is -2.34. The fourth-order valence-corrected chi connectivity index (χ4v) is 3.72. The second kappa shape index (κ2) is 5.23. The lowest BCUT2D eigenvalue weighted by molar-refractivity contribution is 0.0639. The largest absolute Gasteiger partial charge is 0.350 e. The summed E-state index contributed by atoms with van der Waals surface area (Å²) in [6, 6.07) is 8.80. The number of carbonyl (C=O) groups is 1. The van der Waals surface area contributed by atoms with E-state index in [4.69, 9.17) is 0 Å². The number of rotatable bonds is 1. The lowest BCUT2D eigenvalue weighted by Crippen LogP contribution is -2.40. The molecule has 1 aromatic carbocycles. The molecule has 0 unspecified atom stereocenters. The Morgan fingerprint density at radius 3 is 3.00 bits per heavy atom. The average Bonchev–Trinajstić information content (AvgIpc) is 3.13. The summed E-state index contributed by atoms with van der Waals surface area (Å²) in [5.41, 5.74) is 2.16. The summed E-state index contributed by atoms with van der Waals surface area (Å²) in [4.78, 5) is 17.7. The van der Waals surface area contributed by atoms with Crippen molar-refractivity contribution in [3.8, 4) is 0 Å². The smallest absolute Gasteiger partial charge is 0.270 e. The van der Waals surface area contributed by atoms with Gasteiger partial charge < -0.3 is 14.5 Å². The molecule has 118 valence electrons. The molecule has 1 amide bonds. The Bertz CT molecular complexity index is 914.